The molecule has 0 saturated carbocycles. The van der Waals surface area contributed by atoms with Crippen molar-refractivity contribution in [1.82, 2.24) is 0 Å². The van der Waals surface area contributed by atoms with Crippen LogP contribution in [0.25, 0.3) is 0 Å². The van der Waals surface area contributed by atoms with Crippen molar-refractivity contribution in [3.63, 3.8) is 0 Å². The summed E-state index contributed by atoms with van der Waals surface area (Å²) in [7, 11) is 0. The molecule has 73 heavy (non-hydrogen) atoms. The maximum Gasteiger partial charge on any atom is 0.306 e. The minimum atomic E-state index is -1.76. The number of hydrogen-bond donors (Lipinski definition) is 7. The maximum absolute atomic E-state index is 13.1. The molecule has 0 bridgehead atoms. The molecule has 2 aliphatic heterocycles. The van der Waals surface area contributed by atoms with Gasteiger partial charge < -0.3 is 64.2 Å². The zero-order chi connectivity index (χ0) is 53.2. The van der Waals surface area contributed by atoms with Crippen LogP contribution >= 0.6 is 0 Å². The molecule has 0 aromatic carbocycles. The number of aliphatic hydroxyl groups is 7. The van der Waals surface area contributed by atoms with E-state index in [1.165, 1.54) is 148 Å². The molecule has 2 heterocycles. The number of esters is 2. The fourth-order valence-corrected chi connectivity index (χ4v) is 9.33. The van der Waals surface area contributed by atoms with Gasteiger partial charge in [-0.1, -0.05) is 186 Å². The van der Waals surface area contributed by atoms with Gasteiger partial charge in [0.05, 0.1) is 19.8 Å². The minimum absolute atomic E-state index is 0.164. The lowest BCUT2D eigenvalue weighted by atomic mass is 9.98. The van der Waals surface area contributed by atoms with Gasteiger partial charge in [0.1, 0.15) is 55.4 Å². The number of aliphatic hydroxyl groups excluding tert-OH is 7. The second-order valence-corrected chi connectivity index (χ2v) is 20.8. The van der Waals surface area contributed by atoms with Crippen LogP contribution in [-0.4, -0.2) is 142 Å². The zero-order valence-corrected chi connectivity index (χ0v) is 45.6. The maximum atomic E-state index is 13.1. The topological polar surface area (TPSA) is 231 Å². The highest BCUT2D eigenvalue weighted by atomic mass is 16.7. The number of carbonyl (C=O) groups excluding carboxylic acids is 2. The largest absolute Gasteiger partial charge is 0.462 e. The Morgan fingerprint density at radius 1 is 0.425 bits per heavy atom. The molecule has 2 aliphatic rings. The first-order valence-electron chi connectivity index (χ1n) is 29.4. The quantitative estimate of drug-likeness (QED) is 0.0171. The van der Waals surface area contributed by atoms with Crippen molar-refractivity contribution < 1.29 is 73.8 Å². The summed E-state index contributed by atoms with van der Waals surface area (Å²) in [6.07, 6.45) is 31.9. The van der Waals surface area contributed by atoms with E-state index in [0.717, 1.165) is 51.4 Å². The highest BCUT2D eigenvalue weighted by Crippen LogP contribution is 2.27. The first kappa shape index (κ1) is 67.1. The first-order valence-corrected chi connectivity index (χ1v) is 29.4. The molecule has 0 aromatic heterocycles. The van der Waals surface area contributed by atoms with E-state index in [1.54, 1.807) is 0 Å². The lowest BCUT2D eigenvalue weighted by Gasteiger charge is -2.42. The SMILES string of the molecule is CCCCCCCC/C=C\CCCCCCCCCCCC(=O)OC(COC(=O)CCCCCCCCC/C=C\CCCCCCCCC)COC1OC(COC2OC(CO)C(O)C(O)C2O)C(O)C(O)C1O. The molecule has 7 N–H and O–H groups in total. The number of allylic oxidation sites excluding steroid dienone is 4. The standard InChI is InChI=1S/C58H106O15/c1-3-5-7-9-11-13-15-17-19-21-23-25-27-29-31-33-35-37-39-41-50(61)71-46(43-68-49(60)40-38-36-34-32-30-28-26-24-22-20-18-16-14-12-10-8-6-4-2)44-69-57-56(67)54(65)52(63)48(73-57)45-70-58-55(66)53(64)51(62)47(42-59)72-58/h17,19-20,22,46-48,51-59,62-67H,3-16,18,21,23-45H2,1-2H3/b19-17-,22-20-. The molecular formula is C58H106O15. The van der Waals surface area contributed by atoms with Crippen LogP contribution in [0.3, 0.4) is 0 Å². The van der Waals surface area contributed by atoms with Crippen molar-refractivity contribution in [2.45, 2.75) is 306 Å². The monoisotopic (exact) mass is 1040 g/mol. The number of carbonyl (C=O) groups is 2. The smallest absolute Gasteiger partial charge is 0.306 e. The Hall–Kier alpha value is -2.02. The Morgan fingerprint density at radius 3 is 1.21 bits per heavy atom. The summed E-state index contributed by atoms with van der Waals surface area (Å²) in [5.74, 6) is -0.922. The van der Waals surface area contributed by atoms with Gasteiger partial charge in [-0.05, 0) is 64.2 Å². The highest BCUT2D eigenvalue weighted by Gasteiger charge is 2.47. The van der Waals surface area contributed by atoms with Gasteiger partial charge in [-0.15, -0.1) is 0 Å². The normalized spacial score (nSPS) is 24.9. The summed E-state index contributed by atoms with van der Waals surface area (Å²) < 4.78 is 33.7. The zero-order valence-electron chi connectivity index (χ0n) is 45.6. The van der Waals surface area contributed by atoms with Crippen molar-refractivity contribution in [2.75, 3.05) is 26.4 Å². The summed E-state index contributed by atoms with van der Waals surface area (Å²) in [5, 5.41) is 72.3. The summed E-state index contributed by atoms with van der Waals surface area (Å²) in [5.41, 5.74) is 0. The van der Waals surface area contributed by atoms with Crippen LogP contribution < -0.4 is 0 Å². The third-order valence-electron chi connectivity index (χ3n) is 14.2. The number of ether oxygens (including phenoxy) is 6. The van der Waals surface area contributed by atoms with Crippen LogP contribution in [-0.2, 0) is 38.0 Å². The van der Waals surface area contributed by atoms with Gasteiger partial charge in [0.2, 0.25) is 0 Å². The molecular weight excluding hydrogens is 937 g/mol. The van der Waals surface area contributed by atoms with Gasteiger partial charge in [-0.2, -0.15) is 0 Å². The predicted octanol–water partition coefficient (Wildman–Crippen LogP) is 9.89. The average Bonchev–Trinajstić information content (AvgIpc) is 3.38. The van der Waals surface area contributed by atoms with E-state index in [-0.39, 0.29) is 26.1 Å². The fraction of sp³-hybridized carbons (Fsp3) is 0.897. The minimum Gasteiger partial charge on any atom is -0.462 e. The second kappa shape index (κ2) is 45.0. The van der Waals surface area contributed by atoms with E-state index in [4.69, 9.17) is 28.4 Å². The molecule has 2 rings (SSSR count). The Bertz CT molecular complexity index is 1360. The Labute approximate surface area is 441 Å². The number of unbranched alkanes of at least 4 members (excludes halogenated alkanes) is 29. The predicted molar refractivity (Wildman–Crippen MR) is 284 cm³/mol. The van der Waals surface area contributed by atoms with Gasteiger partial charge in [0.15, 0.2) is 18.7 Å². The lowest BCUT2D eigenvalue weighted by Crippen LogP contribution is -2.61. The van der Waals surface area contributed by atoms with Crippen molar-refractivity contribution in [3.8, 4) is 0 Å². The fourth-order valence-electron chi connectivity index (χ4n) is 9.33. The molecule has 0 radical (unpaired) electrons. The Morgan fingerprint density at radius 2 is 0.781 bits per heavy atom. The molecule has 15 nitrogen and oxygen atoms in total. The van der Waals surface area contributed by atoms with E-state index in [2.05, 4.69) is 38.2 Å². The molecule has 0 spiro atoms. The first-order chi connectivity index (χ1) is 35.5. The van der Waals surface area contributed by atoms with Gasteiger partial charge in [0.25, 0.3) is 0 Å². The summed E-state index contributed by atoms with van der Waals surface area (Å²) >= 11 is 0. The van der Waals surface area contributed by atoms with Crippen LogP contribution in [0, 0.1) is 0 Å². The molecule has 0 amide bonds. The van der Waals surface area contributed by atoms with E-state index in [1.807, 2.05) is 0 Å². The van der Waals surface area contributed by atoms with E-state index in [9.17, 15) is 45.3 Å². The third-order valence-corrected chi connectivity index (χ3v) is 14.2. The van der Waals surface area contributed by atoms with Crippen molar-refractivity contribution in [1.29, 1.82) is 0 Å². The molecule has 15 heteroatoms. The second-order valence-electron chi connectivity index (χ2n) is 20.8. The van der Waals surface area contributed by atoms with Crippen molar-refractivity contribution >= 4 is 11.9 Å². The summed E-state index contributed by atoms with van der Waals surface area (Å²) in [6.45, 7) is 2.62. The van der Waals surface area contributed by atoms with E-state index < -0.39 is 92.7 Å². The number of rotatable bonds is 47. The van der Waals surface area contributed by atoms with Crippen molar-refractivity contribution in [3.05, 3.63) is 24.3 Å². The van der Waals surface area contributed by atoms with Gasteiger partial charge in [-0.25, -0.2) is 0 Å². The van der Waals surface area contributed by atoms with E-state index >= 15 is 0 Å². The van der Waals surface area contributed by atoms with Crippen LogP contribution in [0.4, 0.5) is 0 Å². The summed E-state index contributed by atoms with van der Waals surface area (Å²) in [6, 6.07) is 0. The van der Waals surface area contributed by atoms with Crippen LogP contribution in [0.2, 0.25) is 0 Å². The van der Waals surface area contributed by atoms with E-state index in [0.29, 0.717) is 12.8 Å². The van der Waals surface area contributed by atoms with Gasteiger partial charge >= 0.3 is 11.9 Å². The van der Waals surface area contributed by atoms with Crippen LogP contribution in [0.1, 0.15) is 239 Å². The summed E-state index contributed by atoms with van der Waals surface area (Å²) in [4.78, 5) is 25.9. The molecule has 428 valence electrons. The molecule has 11 atom stereocenters. The molecule has 0 aromatic rings. The van der Waals surface area contributed by atoms with Gasteiger partial charge in [-0.3, -0.25) is 9.59 Å². The number of hydrogen-bond acceptors (Lipinski definition) is 15. The van der Waals surface area contributed by atoms with Gasteiger partial charge in [0, 0.05) is 12.8 Å². The molecule has 2 fully saturated rings. The highest BCUT2D eigenvalue weighted by molar-refractivity contribution is 5.70. The Balaban J connectivity index is 1.75. The third kappa shape index (κ3) is 32.4. The van der Waals surface area contributed by atoms with Crippen molar-refractivity contribution in [2.24, 2.45) is 0 Å². The average molecular weight is 1040 g/mol. The lowest BCUT2D eigenvalue weighted by molar-refractivity contribution is -0.332. The molecule has 2 saturated heterocycles. The Kier molecular flexibility index (Phi) is 41.4. The molecule has 11 unspecified atom stereocenters. The van der Waals surface area contributed by atoms with Crippen LogP contribution in [0.5, 0.6) is 0 Å². The van der Waals surface area contributed by atoms with Crippen LogP contribution in [0.15, 0.2) is 24.3 Å². The molecule has 0 aliphatic carbocycles.